The van der Waals surface area contributed by atoms with Gasteiger partial charge in [0.25, 0.3) is 0 Å². The minimum absolute atomic E-state index is 0.132. The predicted octanol–water partition coefficient (Wildman–Crippen LogP) is 15.7. The zero-order valence-corrected chi connectivity index (χ0v) is 31.8. The molecule has 264 valence electrons. The van der Waals surface area contributed by atoms with E-state index >= 15 is 0 Å². The molecular weight excluding hydrogens is 699 g/mol. The third-order valence-corrected chi connectivity index (χ3v) is 13.4. The first kappa shape index (κ1) is 31.6. The number of anilines is 3. The van der Waals surface area contributed by atoms with E-state index in [-0.39, 0.29) is 5.41 Å². The second kappa shape index (κ2) is 11.7. The summed E-state index contributed by atoms with van der Waals surface area (Å²) in [4.78, 5) is 2.45. The number of hydrogen-bond acceptors (Lipinski definition) is 3. The maximum Gasteiger partial charge on any atom is 0.144 e. The highest BCUT2D eigenvalue weighted by atomic mass is 32.1. The molecule has 0 spiro atoms. The molecule has 0 unspecified atom stereocenters. The SMILES string of the molecule is CC1(C)c2ccccc2-c2ccc(N(c3ccc4ccccc4c3)c3cccc4oc5c(-c6cccc7c6sc6ccccc67)c6ccccc6cc5c34)cc21. The highest BCUT2D eigenvalue weighted by Gasteiger charge is 2.36. The Morgan fingerprint density at radius 2 is 1.16 bits per heavy atom. The van der Waals surface area contributed by atoms with E-state index in [1.807, 2.05) is 11.3 Å². The first-order valence-corrected chi connectivity index (χ1v) is 20.2. The van der Waals surface area contributed by atoms with Crippen molar-refractivity contribution in [1.29, 1.82) is 0 Å². The number of furan rings is 1. The first-order chi connectivity index (χ1) is 27.5. The van der Waals surface area contributed by atoms with Crippen LogP contribution in [0.3, 0.4) is 0 Å². The van der Waals surface area contributed by atoms with Crippen molar-refractivity contribution in [1.82, 2.24) is 0 Å². The lowest BCUT2D eigenvalue weighted by Gasteiger charge is -2.29. The molecular formula is C53H35NOS. The molecule has 0 bridgehead atoms. The van der Waals surface area contributed by atoms with Crippen molar-refractivity contribution in [3.05, 3.63) is 187 Å². The fourth-order valence-corrected chi connectivity index (χ4v) is 10.8. The van der Waals surface area contributed by atoms with Crippen LogP contribution in [-0.2, 0) is 5.41 Å². The highest BCUT2D eigenvalue weighted by molar-refractivity contribution is 7.26. The summed E-state index contributed by atoms with van der Waals surface area (Å²) >= 11 is 1.87. The average Bonchev–Trinajstić information content (AvgIpc) is 3.88. The van der Waals surface area contributed by atoms with Crippen LogP contribution >= 0.6 is 11.3 Å². The summed E-state index contributed by atoms with van der Waals surface area (Å²) in [7, 11) is 0. The van der Waals surface area contributed by atoms with Crippen LogP contribution in [0, 0.1) is 0 Å². The predicted molar refractivity (Wildman–Crippen MR) is 239 cm³/mol. The van der Waals surface area contributed by atoms with Gasteiger partial charge in [0.05, 0.1) is 11.1 Å². The van der Waals surface area contributed by atoms with E-state index in [0.717, 1.165) is 44.6 Å². The third kappa shape index (κ3) is 4.43. The zero-order valence-electron chi connectivity index (χ0n) is 31.0. The van der Waals surface area contributed by atoms with Gasteiger partial charge in [-0.1, -0.05) is 141 Å². The van der Waals surface area contributed by atoms with Crippen LogP contribution < -0.4 is 4.90 Å². The lowest BCUT2D eigenvalue weighted by Crippen LogP contribution is -2.16. The normalized spacial score (nSPS) is 13.3. The number of thiophene rings is 1. The molecule has 2 nitrogen and oxygen atoms in total. The fourth-order valence-electron chi connectivity index (χ4n) is 9.58. The zero-order chi connectivity index (χ0) is 37.1. The average molecular weight is 734 g/mol. The van der Waals surface area contributed by atoms with Gasteiger partial charge in [-0.25, -0.2) is 0 Å². The van der Waals surface area contributed by atoms with Crippen molar-refractivity contribution < 1.29 is 4.42 Å². The standard InChI is InChI=1S/C53H35NOS/c1-53(2)44-21-9-7-17-38(44)39-28-27-36(31-45(39)53)54(35-26-25-32-13-3-4-14-33(32)29-35)46-22-12-23-47-50(46)43-30-34-15-5-6-16-37(34)49(51(43)55-47)42-20-11-19-41-40-18-8-10-24-48(40)56-52(41)42/h3-31H,1-2H3. The lowest BCUT2D eigenvalue weighted by atomic mass is 9.82. The van der Waals surface area contributed by atoms with Gasteiger partial charge in [-0.05, 0) is 92.3 Å². The number of fused-ring (bicyclic) bond motifs is 11. The van der Waals surface area contributed by atoms with Gasteiger partial charge in [0.1, 0.15) is 11.2 Å². The van der Waals surface area contributed by atoms with Crippen molar-refractivity contribution in [2.24, 2.45) is 0 Å². The van der Waals surface area contributed by atoms with Crippen LogP contribution in [0.4, 0.5) is 17.1 Å². The summed E-state index contributed by atoms with van der Waals surface area (Å²) in [5.74, 6) is 0. The molecule has 9 aromatic carbocycles. The van der Waals surface area contributed by atoms with E-state index in [2.05, 4.69) is 195 Å². The van der Waals surface area contributed by atoms with E-state index < -0.39 is 0 Å². The Bertz CT molecular complexity index is 3420. The summed E-state index contributed by atoms with van der Waals surface area (Å²) in [5.41, 5.74) is 12.7. The van der Waals surface area contributed by atoms with Gasteiger partial charge < -0.3 is 9.32 Å². The molecule has 3 heteroatoms. The van der Waals surface area contributed by atoms with Crippen LogP contribution in [0.5, 0.6) is 0 Å². The lowest BCUT2D eigenvalue weighted by molar-refractivity contribution is 0.660. The van der Waals surface area contributed by atoms with E-state index in [9.17, 15) is 0 Å². The molecule has 12 rings (SSSR count). The molecule has 0 saturated heterocycles. The Hall–Kier alpha value is -6.68. The van der Waals surface area contributed by atoms with Gasteiger partial charge in [0, 0.05) is 53.5 Å². The Balaban J connectivity index is 1.16. The number of benzene rings is 9. The van der Waals surface area contributed by atoms with Crippen LogP contribution in [0.1, 0.15) is 25.0 Å². The highest BCUT2D eigenvalue weighted by Crippen LogP contribution is 2.53. The van der Waals surface area contributed by atoms with Crippen LogP contribution in [0.15, 0.2) is 180 Å². The van der Waals surface area contributed by atoms with Crippen molar-refractivity contribution in [2.45, 2.75) is 19.3 Å². The molecule has 2 aromatic heterocycles. The fraction of sp³-hybridized carbons (Fsp3) is 0.0566. The van der Waals surface area contributed by atoms with Crippen molar-refractivity contribution in [3.8, 4) is 22.3 Å². The molecule has 2 heterocycles. The molecule has 1 aliphatic carbocycles. The van der Waals surface area contributed by atoms with Crippen LogP contribution in [0.25, 0.3) is 85.9 Å². The second-order valence-corrected chi connectivity index (χ2v) is 16.7. The molecule has 56 heavy (non-hydrogen) atoms. The van der Waals surface area contributed by atoms with E-state index in [4.69, 9.17) is 4.42 Å². The number of hydrogen-bond donors (Lipinski definition) is 0. The molecule has 0 aliphatic heterocycles. The second-order valence-electron chi connectivity index (χ2n) is 15.6. The summed E-state index contributed by atoms with van der Waals surface area (Å²) in [6.07, 6.45) is 0. The number of rotatable bonds is 4. The van der Waals surface area contributed by atoms with Gasteiger partial charge in [0.2, 0.25) is 0 Å². The minimum Gasteiger partial charge on any atom is -0.455 e. The third-order valence-electron chi connectivity index (χ3n) is 12.2. The topological polar surface area (TPSA) is 16.4 Å². The van der Waals surface area contributed by atoms with Crippen LogP contribution in [-0.4, -0.2) is 0 Å². The van der Waals surface area contributed by atoms with Gasteiger partial charge in [-0.2, -0.15) is 0 Å². The van der Waals surface area contributed by atoms with Crippen LogP contribution in [0.2, 0.25) is 0 Å². The molecule has 11 aromatic rings. The van der Waals surface area contributed by atoms with Gasteiger partial charge >= 0.3 is 0 Å². The molecule has 0 N–H and O–H groups in total. The van der Waals surface area contributed by atoms with Gasteiger partial charge in [-0.3, -0.25) is 0 Å². The van der Waals surface area contributed by atoms with E-state index in [1.165, 1.54) is 69.5 Å². The Kier molecular flexibility index (Phi) is 6.59. The number of nitrogens with zero attached hydrogens (tertiary/aromatic N) is 1. The molecule has 0 saturated carbocycles. The van der Waals surface area contributed by atoms with Crippen molar-refractivity contribution >= 4 is 92.1 Å². The van der Waals surface area contributed by atoms with Crippen molar-refractivity contribution in [2.75, 3.05) is 4.90 Å². The van der Waals surface area contributed by atoms with E-state index in [0.29, 0.717) is 0 Å². The summed E-state index contributed by atoms with van der Waals surface area (Å²) in [6.45, 7) is 4.71. The molecule has 0 radical (unpaired) electrons. The van der Waals surface area contributed by atoms with Gasteiger partial charge in [0.15, 0.2) is 0 Å². The smallest absolute Gasteiger partial charge is 0.144 e. The molecule has 0 fully saturated rings. The first-order valence-electron chi connectivity index (χ1n) is 19.3. The molecule has 1 aliphatic rings. The Labute approximate surface area is 328 Å². The van der Waals surface area contributed by atoms with Crippen molar-refractivity contribution in [3.63, 3.8) is 0 Å². The molecule has 0 atom stereocenters. The Morgan fingerprint density at radius 3 is 2.07 bits per heavy atom. The minimum atomic E-state index is -0.132. The van der Waals surface area contributed by atoms with Gasteiger partial charge in [-0.15, -0.1) is 11.3 Å². The summed E-state index contributed by atoms with van der Waals surface area (Å²) in [6, 6.07) is 64.5. The summed E-state index contributed by atoms with van der Waals surface area (Å²) < 4.78 is 9.71. The quantitative estimate of drug-likeness (QED) is 0.179. The summed E-state index contributed by atoms with van der Waals surface area (Å²) in [5, 5.41) is 9.61. The maximum atomic E-state index is 7.13. The Morgan fingerprint density at radius 1 is 0.482 bits per heavy atom. The van der Waals surface area contributed by atoms with E-state index in [1.54, 1.807) is 0 Å². The monoisotopic (exact) mass is 733 g/mol. The maximum absolute atomic E-state index is 7.13. The largest absolute Gasteiger partial charge is 0.455 e. The molecule has 0 amide bonds.